The average Bonchev–Trinajstić information content (AvgIpc) is 2.66. The minimum Gasteiger partial charge on any atom is -0.383 e. The molecule has 1 N–H and O–H groups in total. The second kappa shape index (κ2) is 6.64. The molecule has 1 heterocycles. The molecule has 3 heteroatoms. The largest absolute Gasteiger partial charge is 0.383 e. The Labute approximate surface area is 92.4 Å². The lowest BCUT2D eigenvalue weighted by atomic mass is 10.3. The highest BCUT2D eigenvalue weighted by molar-refractivity contribution is 5.16. The van der Waals surface area contributed by atoms with Crippen molar-refractivity contribution in [2.75, 3.05) is 20.3 Å². The van der Waals surface area contributed by atoms with E-state index in [-0.39, 0.29) is 0 Å². The molecule has 3 nitrogen and oxygen atoms in total. The summed E-state index contributed by atoms with van der Waals surface area (Å²) in [6.45, 7) is 8.05. The molecule has 0 spiro atoms. The normalized spacial score (nSPS) is 10.9. The number of methoxy groups -OCH3 is 1. The van der Waals surface area contributed by atoms with Crippen LogP contribution in [0.25, 0.3) is 0 Å². The van der Waals surface area contributed by atoms with Gasteiger partial charge in [0.05, 0.1) is 6.61 Å². The van der Waals surface area contributed by atoms with Crippen LogP contribution in [0, 0.1) is 0 Å². The number of nitrogens with zero attached hydrogens (tertiary/aromatic N) is 1. The van der Waals surface area contributed by atoms with Crippen LogP contribution in [0.15, 0.2) is 12.1 Å². The van der Waals surface area contributed by atoms with E-state index in [1.165, 1.54) is 11.4 Å². The van der Waals surface area contributed by atoms with Gasteiger partial charge in [-0.2, -0.15) is 0 Å². The van der Waals surface area contributed by atoms with E-state index in [4.69, 9.17) is 4.74 Å². The highest BCUT2D eigenvalue weighted by Crippen LogP contribution is 2.09. The van der Waals surface area contributed by atoms with Crippen molar-refractivity contribution in [3.05, 3.63) is 23.5 Å². The Bertz CT molecular complexity index is 281. The van der Waals surface area contributed by atoms with Gasteiger partial charge in [0.1, 0.15) is 0 Å². The van der Waals surface area contributed by atoms with E-state index >= 15 is 0 Å². The predicted octanol–water partition coefficient (Wildman–Crippen LogP) is 1.81. The number of rotatable bonds is 7. The van der Waals surface area contributed by atoms with Crippen molar-refractivity contribution in [2.24, 2.45) is 0 Å². The van der Waals surface area contributed by atoms with E-state index in [1.54, 1.807) is 7.11 Å². The van der Waals surface area contributed by atoms with Gasteiger partial charge in [-0.05, 0) is 25.5 Å². The molecule has 0 amide bonds. The van der Waals surface area contributed by atoms with Crippen molar-refractivity contribution in [3.8, 4) is 0 Å². The summed E-state index contributed by atoms with van der Waals surface area (Å²) in [4.78, 5) is 0. The molecule has 86 valence electrons. The van der Waals surface area contributed by atoms with Gasteiger partial charge in [-0.15, -0.1) is 0 Å². The Hall–Kier alpha value is -0.800. The molecule has 1 aromatic heterocycles. The van der Waals surface area contributed by atoms with Crippen molar-refractivity contribution < 1.29 is 4.74 Å². The molecule has 0 aromatic carbocycles. The van der Waals surface area contributed by atoms with Gasteiger partial charge in [0.2, 0.25) is 0 Å². The van der Waals surface area contributed by atoms with Crippen LogP contribution in [-0.4, -0.2) is 24.8 Å². The highest BCUT2D eigenvalue weighted by atomic mass is 16.5. The lowest BCUT2D eigenvalue weighted by Crippen LogP contribution is -2.20. The van der Waals surface area contributed by atoms with Crippen LogP contribution in [0.4, 0.5) is 0 Å². The lowest BCUT2D eigenvalue weighted by Gasteiger charge is -2.10. The summed E-state index contributed by atoms with van der Waals surface area (Å²) in [6, 6.07) is 4.43. The first-order chi connectivity index (χ1) is 7.33. The third-order valence-electron chi connectivity index (χ3n) is 2.63. The fourth-order valence-electron chi connectivity index (χ4n) is 1.82. The van der Waals surface area contributed by atoms with Crippen LogP contribution < -0.4 is 5.32 Å². The van der Waals surface area contributed by atoms with Crippen LogP contribution in [0.2, 0.25) is 0 Å². The second-order valence-electron chi connectivity index (χ2n) is 3.58. The smallest absolute Gasteiger partial charge is 0.0587 e. The molecule has 0 aliphatic heterocycles. The van der Waals surface area contributed by atoms with Crippen LogP contribution in [-0.2, 0) is 24.2 Å². The number of aryl methyl sites for hydroxylation is 1. The molecule has 0 radical (unpaired) electrons. The highest BCUT2D eigenvalue weighted by Gasteiger charge is 2.03. The Morgan fingerprint density at radius 3 is 2.60 bits per heavy atom. The fourth-order valence-corrected chi connectivity index (χ4v) is 1.82. The molecule has 15 heavy (non-hydrogen) atoms. The fraction of sp³-hybridized carbons (Fsp3) is 0.667. The number of aromatic nitrogens is 1. The van der Waals surface area contributed by atoms with Crippen molar-refractivity contribution in [2.45, 2.75) is 33.4 Å². The van der Waals surface area contributed by atoms with E-state index in [9.17, 15) is 0 Å². The van der Waals surface area contributed by atoms with Gasteiger partial charge >= 0.3 is 0 Å². The summed E-state index contributed by atoms with van der Waals surface area (Å²) in [5, 5.41) is 3.37. The molecule has 0 bridgehead atoms. The molecular weight excluding hydrogens is 188 g/mol. The molecule has 0 unspecified atom stereocenters. The Kier molecular flexibility index (Phi) is 5.43. The van der Waals surface area contributed by atoms with E-state index in [1.807, 2.05) is 0 Å². The topological polar surface area (TPSA) is 26.2 Å². The number of hydrogen-bond acceptors (Lipinski definition) is 2. The molecule has 1 aromatic rings. The van der Waals surface area contributed by atoms with Crippen LogP contribution in [0.1, 0.15) is 25.2 Å². The summed E-state index contributed by atoms with van der Waals surface area (Å²) in [5.41, 5.74) is 2.78. The zero-order valence-electron chi connectivity index (χ0n) is 10.0. The molecule has 0 fully saturated rings. The molecule has 0 saturated heterocycles. The van der Waals surface area contributed by atoms with E-state index < -0.39 is 0 Å². The molecule has 0 aliphatic carbocycles. The average molecular weight is 210 g/mol. The summed E-state index contributed by atoms with van der Waals surface area (Å²) in [6.07, 6.45) is 1.10. The Balaban J connectivity index is 2.49. The van der Waals surface area contributed by atoms with E-state index in [2.05, 4.69) is 35.9 Å². The van der Waals surface area contributed by atoms with Gasteiger partial charge in [0.25, 0.3) is 0 Å². The van der Waals surface area contributed by atoms with Crippen LogP contribution in [0.3, 0.4) is 0 Å². The predicted molar refractivity (Wildman–Crippen MR) is 63.1 cm³/mol. The second-order valence-corrected chi connectivity index (χ2v) is 3.58. The quantitative estimate of drug-likeness (QED) is 0.695. The molecular formula is C12H22N2O. The summed E-state index contributed by atoms with van der Waals surface area (Å²) >= 11 is 0. The maximum absolute atomic E-state index is 4.99. The maximum atomic E-state index is 4.99. The third-order valence-corrected chi connectivity index (χ3v) is 2.63. The standard InChI is InChI=1S/C12H22N2O/c1-4-11-6-7-12(14(11)5-2)10-13-8-9-15-3/h6-7,13H,4-5,8-10H2,1-3H3. The minimum atomic E-state index is 0.771. The zero-order valence-corrected chi connectivity index (χ0v) is 10.0. The summed E-state index contributed by atoms with van der Waals surface area (Å²) in [7, 11) is 1.73. The SMILES string of the molecule is CCc1ccc(CNCCOC)n1CC. The van der Waals surface area contributed by atoms with Crippen molar-refractivity contribution in [1.29, 1.82) is 0 Å². The van der Waals surface area contributed by atoms with Gasteiger partial charge < -0.3 is 14.6 Å². The maximum Gasteiger partial charge on any atom is 0.0587 e. The van der Waals surface area contributed by atoms with E-state index in [0.29, 0.717) is 0 Å². The van der Waals surface area contributed by atoms with Crippen molar-refractivity contribution >= 4 is 0 Å². The third kappa shape index (κ3) is 3.36. The first kappa shape index (κ1) is 12.3. The van der Waals surface area contributed by atoms with Gasteiger partial charge in [-0.25, -0.2) is 0 Å². The zero-order chi connectivity index (χ0) is 11.1. The van der Waals surface area contributed by atoms with Gasteiger partial charge in [0, 0.05) is 38.1 Å². The number of hydrogen-bond donors (Lipinski definition) is 1. The van der Waals surface area contributed by atoms with Crippen LogP contribution in [0.5, 0.6) is 0 Å². The first-order valence-corrected chi connectivity index (χ1v) is 5.70. The Morgan fingerprint density at radius 1 is 1.27 bits per heavy atom. The van der Waals surface area contributed by atoms with Crippen LogP contribution >= 0.6 is 0 Å². The molecule has 0 atom stereocenters. The van der Waals surface area contributed by atoms with E-state index in [0.717, 1.165) is 32.7 Å². The lowest BCUT2D eigenvalue weighted by molar-refractivity contribution is 0.199. The Morgan fingerprint density at radius 2 is 2.00 bits per heavy atom. The van der Waals surface area contributed by atoms with Crippen molar-refractivity contribution in [1.82, 2.24) is 9.88 Å². The molecule has 1 rings (SSSR count). The molecule has 0 aliphatic rings. The monoisotopic (exact) mass is 210 g/mol. The van der Waals surface area contributed by atoms with Crippen molar-refractivity contribution in [3.63, 3.8) is 0 Å². The number of nitrogens with one attached hydrogen (secondary N) is 1. The summed E-state index contributed by atoms with van der Waals surface area (Å²) < 4.78 is 7.37. The number of ether oxygens (including phenoxy) is 1. The first-order valence-electron chi connectivity index (χ1n) is 5.70. The minimum absolute atomic E-state index is 0.771. The molecule has 0 saturated carbocycles. The van der Waals surface area contributed by atoms with Gasteiger partial charge in [-0.1, -0.05) is 6.92 Å². The van der Waals surface area contributed by atoms with Gasteiger partial charge in [0.15, 0.2) is 0 Å². The van der Waals surface area contributed by atoms with Gasteiger partial charge in [-0.3, -0.25) is 0 Å². The summed E-state index contributed by atoms with van der Waals surface area (Å²) in [5.74, 6) is 0.